The Labute approximate surface area is 134 Å². The first-order chi connectivity index (χ1) is 11.2. The molecule has 1 fully saturated rings. The van der Waals surface area contributed by atoms with Gasteiger partial charge in [-0.05, 0) is 37.1 Å². The minimum absolute atomic E-state index is 0.0353. The maximum Gasteiger partial charge on any atom is 0.415 e. The van der Waals surface area contributed by atoms with E-state index in [2.05, 4.69) is 4.98 Å². The predicted octanol–water partition coefficient (Wildman–Crippen LogP) is 3.55. The molecular formula is C18H18N2O3. The molecule has 23 heavy (non-hydrogen) atoms. The normalized spacial score (nSPS) is 22.2. The Morgan fingerprint density at radius 2 is 2.09 bits per heavy atom. The molecule has 2 aromatic rings. The van der Waals surface area contributed by atoms with Crippen LogP contribution in [0.25, 0.3) is 11.1 Å². The van der Waals surface area contributed by atoms with Gasteiger partial charge in [-0.1, -0.05) is 19.1 Å². The molecule has 3 heterocycles. The van der Waals surface area contributed by atoms with E-state index in [1.807, 2.05) is 50.4 Å². The lowest BCUT2D eigenvalue weighted by Gasteiger charge is -2.31. The third-order valence-electron chi connectivity index (χ3n) is 4.49. The first kappa shape index (κ1) is 14.1. The molecule has 5 heteroatoms. The van der Waals surface area contributed by atoms with E-state index in [0.29, 0.717) is 12.4 Å². The van der Waals surface area contributed by atoms with Crippen LogP contribution in [0.15, 0.2) is 36.5 Å². The Kier molecular flexibility index (Phi) is 3.22. The van der Waals surface area contributed by atoms with Gasteiger partial charge in [-0.25, -0.2) is 4.79 Å². The topological polar surface area (TPSA) is 51.7 Å². The maximum atomic E-state index is 12.2. The van der Waals surface area contributed by atoms with E-state index in [4.69, 9.17) is 9.47 Å². The molecule has 118 valence electrons. The molecule has 2 unspecified atom stereocenters. The van der Waals surface area contributed by atoms with Crippen molar-refractivity contribution in [1.29, 1.82) is 0 Å². The number of amides is 1. The van der Waals surface area contributed by atoms with Crippen molar-refractivity contribution in [1.82, 2.24) is 4.98 Å². The zero-order valence-corrected chi connectivity index (χ0v) is 13.2. The number of rotatable bonds is 2. The van der Waals surface area contributed by atoms with Crippen LogP contribution in [-0.4, -0.2) is 29.8 Å². The number of pyridine rings is 1. The highest BCUT2D eigenvalue weighted by atomic mass is 16.6. The van der Waals surface area contributed by atoms with Gasteiger partial charge in [0.15, 0.2) is 0 Å². The monoisotopic (exact) mass is 310 g/mol. The smallest absolute Gasteiger partial charge is 0.415 e. The van der Waals surface area contributed by atoms with Crippen LogP contribution in [0.4, 0.5) is 10.5 Å². The SMILES string of the molecule is CCC1OC(=O)N2c3ccc(-c4ccc(C)nc4)cc3OCC12. The molecule has 0 aliphatic carbocycles. The Hall–Kier alpha value is -2.56. The van der Waals surface area contributed by atoms with Gasteiger partial charge in [-0.2, -0.15) is 0 Å². The lowest BCUT2D eigenvalue weighted by molar-refractivity contribution is 0.119. The van der Waals surface area contributed by atoms with E-state index >= 15 is 0 Å². The second-order valence-corrected chi connectivity index (χ2v) is 5.95. The molecular weight excluding hydrogens is 292 g/mol. The zero-order chi connectivity index (χ0) is 16.0. The summed E-state index contributed by atoms with van der Waals surface area (Å²) < 4.78 is 11.3. The Morgan fingerprint density at radius 1 is 1.26 bits per heavy atom. The fraction of sp³-hybridized carbons (Fsp3) is 0.333. The first-order valence-corrected chi connectivity index (χ1v) is 7.87. The second-order valence-electron chi connectivity index (χ2n) is 5.95. The third kappa shape index (κ3) is 2.23. The first-order valence-electron chi connectivity index (χ1n) is 7.87. The molecule has 0 bridgehead atoms. The van der Waals surface area contributed by atoms with Crippen molar-refractivity contribution in [3.8, 4) is 16.9 Å². The second kappa shape index (κ2) is 5.26. The van der Waals surface area contributed by atoms with E-state index in [1.54, 1.807) is 4.90 Å². The quantitative estimate of drug-likeness (QED) is 0.851. The van der Waals surface area contributed by atoms with E-state index < -0.39 is 0 Å². The van der Waals surface area contributed by atoms with Gasteiger partial charge in [0.1, 0.15) is 24.5 Å². The number of carbonyl (C=O) groups excluding carboxylic acids is 1. The molecule has 5 nitrogen and oxygen atoms in total. The maximum absolute atomic E-state index is 12.2. The van der Waals surface area contributed by atoms with E-state index in [0.717, 1.165) is 28.9 Å². The summed E-state index contributed by atoms with van der Waals surface area (Å²) in [6.45, 7) is 4.44. The number of aryl methyl sites for hydroxylation is 1. The summed E-state index contributed by atoms with van der Waals surface area (Å²) in [4.78, 5) is 18.2. The van der Waals surface area contributed by atoms with Crippen molar-refractivity contribution in [2.45, 2.75) is 32.4 Å². The summed E-state index contributed by atoms with van der Waals surface area (Å²) in [7, 11) is 0. The summed E-state index contributed by atoms with van der Waals surface area (Å²) in [5.41, 5.74) is 3.82. The Morgan fingerprint density at radius 3 is 2.83 bits per heavy atom. The molecule has 2 aliphatic rings. The summed E-state index contributed by atoms with van der Waals surface area (Å²) >= 11 is 0. The van der Waals surface area contributed by atoms with Crippen molar-refractivity contribution < 1.29 is 14.3 Å². The van der Waals surface area contributed by atoms with E-state index in [-0.39, 0.29) is 18.2 Å². The predicted molar refractivity (Wildman–Crippen MR) is 86.7 cm³/mol. The summed E-state index contributed by atoms with van der Waals surface area (Å²) in [6.07, 6.45) is 2.26. The molecule has 0 N–H and O–H groups in total. The van der Waals surface area contributed by atoms with Gasteiger partial charge in [0.25, 0.3) is 0 Å². The van der Waals surface area contributed by atoms with Crippen LogP contribution in [0.5, 0.6) is 5.75 Å². The number of ether oxygens (including phenoxy) is 2. The van der Waals surface area contributed by atoms with Crippen LogP contribution in [0.3, 0.4) is 0 Å². The van der Waals surface area contributed by atoms with Crippen LogP contribution in [0, 0.1) is 6.92 Å². The molecule has 1 amide bonds. The van der Waals surface area contributed by atoms with Gasteiger partial charge in [-0.3, -0.25) is 9.88 Å². The largest absolute Gasteiger partial charge is 0.489 e. The van der Waals surface area contributed by atoms with Crippen molar-refractivity contribution in [3.05, 3.63) is 42.2 Å². The number of aromatic nitrogens is 1. The Balaban J connectivity index is 1.71. The van der Waals surface area contributed by atoms with Crippen LogP contribution in [0.2, 0.25) is 0 Å². The molecule has 4 rings (SSSR count). The van der Waals surface area contributed by atoms with Crippen LogP contribution < -0.4 is 9.64 Å². The molecule has 0 saturated carbocycles. The van der Waals surface area contributed by atoms with E-state index in [1.165, 1.54) is 0 Å². The molecule has 2 aliphatic heterocycles. The summed E-state index contributed by atoms with van der Waals surface area (Å²) in [5.74, 6) is 0.716. The van der Waals surface area contributed by atoms with Gasteiger partial charge in [0.2, 0.25) is 0 Å². The Bertz CT molecular complexity index is 757. The minimum atomic E-state index is -0.281. The number of benzene rings is 1. The van der Waals surface area contributed by atoms with Gasteiger partial charge in [0.05, 0.1) is 5.69 Å². The molecule has 0 radical (unpaired) electrons. The molecule has 1 saturated heterocycles. The van der Waals surface area contributed by atoms with Crippen molar-refractivity contribution in [2.75, 3.05) is 11.5 Å². The number of nitrogens with zero attached hydrogens (tertiary/aromatic N) is 2. The van der Waals surface area contributed by atoms with Gasteiger partial charge in [0, 0.05) is 17.5 Å². The highest BCUT2D eigenvalue weighted by Crippen LogP contribution is 2.41. The number of fused-ring (bicyclic) bond motifs is 3. The lowest BCUT2D eigenvalue weighted by atomic mass is 10.0. The lowest BCUT2D eigenvalue weighted by Crippen LogP contribution is -2.44. The fourth-order valence-electron chi connectivity index (χ4n) is 3.20. The fourth-order valence-corrected chi connectivity index (χ4v) is 3.20. The van der Waals surface area contributed by atoms with Crippen molar-refractivity contribution in [2.24, 2.45) is 0 Å². The highest BCUT2D eigenvalue weighted by Gasteiger charge is 2.45. The number of hydrogen-bond donors (Lipinski definition) is 0. The zero-order valence-electron chi connectivity index (χ0n) is 13.2. The summed E-state index contributed by atoms with van der Waals surface area (Å²) in [6, 6.07) is 9.86. The van der Waals surface area contributed by atoms with Crippen LogP contribution in [-0.2, 0) is 4.74 Å². The number of anilines is 1. The average Bonchev–Trinajstić information content (AvgIpc) is 2.91. The van der Waals surface area contributed by atoms with Gasteiger partial charge < -0.3 is 9.47 Å². The van der Waals surface area contributed by atoms with Gasteiger partial charge in [-0.15, -0.1) is 0 Å². The van der Waals surface area contributed by atoms with Gasteiger partial charge >= 0.3 is 6.09 Å². The average molecular weight is 310 g/mol. The number of hydrogen-bond acceptors (Lipinski definition) is 4. The van der Waals surface area contributed by atoms with Crippen molar-refractivity contribution in [3.63, 3.8) is 0 Å². The third-order valence-corrected chi connectivity index (χ3v) is 4.49. The minimum Gasteiger partial charge on any atom is -0.489 e. The number of cyclic esters (lactones) is 1. The molecule has 0 spiro atoms. The number of carbonyl (C=O) groups is 1. The van der Waals surface area contributed by atoms with Crippen LogP contribution >= 0.6 is 0 Å². The molecule has 2 atom stereocenters. The molecule has 1 aromatic carbocycles. The summed E-state index contributed by atoms with van der Waals surface area (Å²) in [5, 5.41) is 0. The van der Waals surface area contributed by atoms with E-state index in [9.17, 15) is 4.79 Å². The standard InChI is InChI=1S/C18H18N2O3/c1-3-16-15-10-22-17-8-12(13-5-4-11(2)19-9-13)6-7-14(17)20(15)18(21)23-16/h4-9,15-16H,3,10H2,1-2H3. The molecule has 1 aromatic heterocycles. The van der Waals surface area contributed by atoms with Crippen molar-refractivity contribution >= 4 is 11.8 Å². The highest BCUT2D eigenvalue weighted by molar-refractivity contribution is 5.94. The van der Waals surface area contributed by atoms with Crippen LogP contribution in [0.1, 0.15) is 19.0 Å².